The average Bonchev–Trinajstić information content (AvgIpc) is 2.52. The van der Waals surface area contributed by atoms with Crippen LogP contribution in [0.5, 0.6) is 5.88 Å². The minimum atomic E-state index is 0.418. The zero-order valence-corrected chi connectivity index (χ0v) is 12.6. The molecular formula is C16H22N4O. The van der Waals surface area contributed by atoms with E-state index in [4.69, 9.17) is 10.5 Å². The predicted octanol–water partition coefficient (Wildman–Crippen LogP) is 2.45. The molecule has 0 atom stereocenters. The summed E-state index contributed by atoms with van der Waals surface area (Å²) in [6.07, 6.45) is 0. The standard InChI is InChI=1S/C16H22N4O/c1-3-20(4-2)10-11-21-15-12-14(17)18-16(19-15)13-8-6-5-7-9-13/h5-9,12H,3-4,10-11H2,1-2H3,(H2,17,18,19). The van der Waals surface area contributed by atoms with Gasteiger partial charge in [-0.1, -0.05) is 44.2 Å². The third-order valence-corrected chi connectivity index (χ3v) is 3.31. The zero-order chi connectivity index (χ0) is 15.1. The summed E-state index contributed by atoms with van der Waals surface area (Å²) in [6, 6.07) is 11.4. The number of ether oxygens (including phenoxy) is 1. The number of hydrogen-bond donors (Lipinski definition) is 1. The van der Waals surface area contributed by atoms with Crippen molar-refractivity contribution in [3.8, 4) is 17.3 Å². The van der Waals surface area contributed by atoms with Crippen LogP contribution in [-0.2, 0) is 0 Å². The first-order valence-corrected chi connectivity index (χ1v) is 7.28. The van der Waals surface area contributed by atoms with Gasteiger partial charge in [0.15, 0.2) is 5.82 Å². The van der Waals surface area contributed by atoms with Crippen LogP contribution in [-0.4, -0.2) is 41.1 Å². The lowest BCUT2D eigenvalue weighted by Crippen LogP contribution is -2.28. The first-order chi connectivity index (χ1) is 10.2. The number of nitrogens with two attached hydrogens (primary N) is 1. The smallest absolute Gasteiger partial charge is 0.219 e. The van der Waals surface area contributed by atoms with Crippen LogP contribution in [0.2, 0.25) is 0 Å². The highest BCUT2D eigenvalue weighted by molar-refractivity contribution is 5.57. The molecule has 1 heterocycles. The SMILES string of the molecule is CCN(CC)CCOc1cc(N)nc(-c2ccccc2)n1. The third-order valence-electron chi connectivity index (χ3n) is 3.31. The lowest BCUT2D eigenvalue weighted by atomic mass is 10.2. The van der Waals surface area contributed by atoms with Gasteiger partial charge in [-0.3, -0.25) is 0 Å². The van der Waals surface area contributed by atoms with E-state index in [1.165, 1.54) is 0 Å². The second-order valence-corrected chi connectivity index (χ2v) is 4.70. The summed E-state index contributed by atoms with van der Waals surface area (Å²) in [6.45, 7) is 7.77. The van der Waals surface area contributed by atoms with Crippen LogP contribution in [0.3, 0.4) is 0 Å². The predicted molar refractivity (Wildman–Crippen MR) is 85.2 cm³/mol. The van der Waals surface area contributed by atoms with Gasteiger partial charge in [0.1, 0.15) is 12.4 Å². The van der Waals surface area contributed by atoms with Crippen molar-refractivity contribution in [3.63, 3.8) is 0 Å². The Bertz CT molecular complexity index is 555. The van der Waals surface area contributed by atoms with Crippen LogP contribution >= 0.6 is 0 Å². The van der Waals surface area contributed by atoms with Crippen molar-refractivity contribution in [3.05, 3.63) is 36.4 Å². The second kappa shape index (κ2) is 7.59. The molecule has 0 unspecified atom stereocenters. The number of anilines is 1. The lowest BCUT2D eigenvalue weighted by molar-refractivity contribution is 0.218. The molecule has 0 saturated heterocycles. The molecule has 0 amide bonds. The lowest BCUT2D eigenvalue weighted by Gasteiger charge is -2.17. The highest BCUT2D eigenvalue weighted by Crippen LogP contribution is 2.19. The van der Waals surface area contributed by atoms with Crippen LogP contribution in [0.15, 0.2) is 36.4 Å². The van der Waals surface area contributed by atoms with Gasteiger partial charge in [0.25, 0.3) is 0 Å². The molecule has 0 saturated carbocycles. The molecule has 1 aromatic carbocycles. The summed E-state index contributed by atoms with van der Waals surface area (Å²) in [5, 5.41) is 0. The molecule has 0 aliphatic carbocycles. The molecule has 1 aromatic heterocycles. The summed E-state index contributed by atoms with van der Waals surface area (Å²) >= 11 is 0. The van der Waals surface area contributed by atoms with Crippen LogP contribution < -0.4 is 10.5 Å². The van der Waals surface area contributed by atoms with Gasteiger partial charge in [-0.2, -0.15) is 4.98 Å². The molecule has 5 nitrogen and oxygen atoms in total. The van der Waals surface area contributed by atoms with Crippen molar-refractivity contribution in [2.75, 3.05) is 32.0 Å². The number of likely N-dealkylation sites (N-methyl/N-ethyl adjacent to an activating group) is 1. The molecule has 2 N–H and O–H groups in total. The number of rotatable bonds is 7. The van der Waals surface area contributed by atoms with E-state index in [9.17, 15) is 0 Å². The third kappa shape index (κ3) is 4.43. The number of nitrogens with zero attached hydrogens (tertiary/aromatic N) is 3. The number of hydrogen-bond acceptors (Lipinski definition) is 5. The van der Waals surface area contributed by atoms with Crippen molar-refractivity contribution >= 4 is 5.82 Å². The van der Waals surface area contributed by atoms with Gasteiger partial charge in [-0.05, 0) is 13.1 Å². The van der Waals surface area contributed by atoms with Gasteiger partial charge in [-0.15, -0.1) is 0 Å². The maximum absolute atomic E-state index is 5.84. The van der Waals surface area contributed by atoms with Crippen molar-refractivity contribution < 1.29 is 4.74 Å². The summed E-state index contributed by atoms with van der Waals surface area (Å²) in [5.41, 5.74) is 6.77. The minimum absolute atomic E-state index is 0.418. The summed E-state index contributed by atoms with van der Waals surface area (Å²) < 4.78 is 5.71. The van der Waals surface area contributed by atoms with Crippen LogP contribution in [0.25, 0.3) is 11.4 Å². The van der Waals surface area contributed by atoms with Gasteiger partial charge in [0.05, 0.1) is 0 Å². The summed E-state index contributed by atoms with van der Waals surface area (Å²) in [7, 11) is 0. The average molecular weight is 286 g/mol. The summed E-state index contributed by atoms with van der Waals surface area (Å²) in [4.78, 5) is 11.0. The fourth-order valence-corrected chi connectivity index (χ4v) is 2.05. The van der Waals surface area contributed by atoms with E-state index in [1.54, 1.807) is 6.07 Å². The molecular weight excluding hydrogens is 264 g/mol. The molecule has 0 bridgehead atoms. The first kappa shape index (κ1) is 15.3. The Labute approximate surface area is 125 Å². The van der Waals surface area contributed by atoms with Crippen LogP contribution in [0, 0.1) is 0 Å². The van der Waals surface area contributed by atoms with Crippen molar-refractivity contribution in [2.45, 2.75) is 13.8 Å². The molecule has 2 rings (SSSR count). The molecule has 0 aliphatic rings. The number of benzene rings is 1. The van der Waals surface area contributed by atoms with Gasteiger partial charge in [0, 0.05) is 18.2 Å². The second-order valence-electron chi connectivity index (χ2n) is 4.70. The van der Waals surface area contributed by atoms with E-state index in [0.717, 1.165) is 25.2 Å². The molecule has 0 fully saturated rings. The maximum Gasteiger partial charge on any atom is 0.219 e. The molecule has 0 spiro atoms. The monoisotopic (exact) mass is 286 g/mol. The van der Waals surface area contributed by atoms with Crippen LogP contribution in [0.1, 0.15) is 13.8 Å². The van der Waals surface area contributed by atoms with Crippen molar-refractivity contribution in [1.29, 1.82) is 0 Å². The molecule has 112 valence electrons. The van der Waals surface area contributed by atoms with E-state index >= 15 is 0 Å². The quantitative estimate of drug-likeness (QED) is 0.847. The maximum atomic E-state index is 5.84. The minimum Gasteiger partial charge on any atom is -0.476 e. The van der Waals surface area contributed by atoms with Crippen molar-refractivity contribution in [2.24, 2.45) is 0 Å². The molecule has 5 heteroatoms. The number of nitrogen functional groups attached to an aromatic ring is 1. The fraction of sp³-hybridized carbons (Fsp3) is 0.375. The van der Waals surface area contributed by atoms with E-state index in [0.29, 0.717) is 24.1 Å². The molecule has 2 aromatic rings. The molecule has 0 radical (unpaired) electrons. The van der Waals surface area contributed by atoms with Gasteiger partial charge in [0.2, 0.25) is 5.88 Å². The van der Waals surface area contributed by atoms with E-state index < -0.39 is 0 Å². The van der Waals surface area contributed by atoms with E-state index in [2.05, 4.69) is 28.7 Å². The van der Waals surface area contributed by atoms with Gasteiger partial charge < -0.3 is 15.4 Å². The molecule has 0 aliphatic heterocycles. The number of aromatic nitrogens is 2. The fourth-order valence-electron chi connectivity index (χ4n) is 2.05. The van der Waals surface area contributed by atoms with E-state index in [1.807, 2.05) is 30.3 Å². The summed E-state index contributed by atoms with van der Waals surface area (Å²) in [5.74, 6) is 1.53. The van der Waals surface area contributed by atoms with Gasteiger partial charge in [-0.25, -0.2) is 4.98 Å². The highest BCUT2D eigenvalue weighted by atomic mass is 16.5. The normalized spacial score (nSPS) is 10.8. The Kier molecular flexibility index (Phi) is 5.51. The van der Waals surface area contributed by atoms with Gasteiger partial charge >= 0.3 is 0 Å². The van der Waals surface area contributed by atoms with E-state index in [-0.39, 0.29) is 0 Å². The Morgan fingerprint density at radius 1 is 1.10 bits per heavy atom. The largest absolute Gasteiger partial charge is 0.476 e. The Morgan fingerprint density at radius 3 is 2.48 bits per heavy atom. The first-order valence-electron chi connectivity index (χ1n) is 7.28. The van der Waals surface area contributed by atoms with Crippen molar-refractivity contribution in [1.82, 2.24) is 14.9 Å². The Morgan fingerprint density at radius 2 is 1.81 bits per heavy atom. The topological polar surface area (TPSA) is 64.3 Å². The Balaban J connectivity index is 2.06. The zero-order valence-electron chi connectivity index (χ0n) is 12.6. The Hall–Kier alpha value is -2.14. The van der Waals surface area contributed by atoms with Crippen LogP contribution in [0.4, 0.5) is 5.82 Å². The molecule has 21 heavy (non-hydrogen) atoms. The highest BCUT2D eigenvalue weighted by Gasteiger charge is 2.06.